The van der Waals surface area contributed by atoms with E-state index in [0.29, 0.717) is 25.0 Å². The van der Waals surface area contributed by atoms with Crippen molar-refractivity contribution in [2.75, 3.05) is 6.61 Å². The summed E-state index contributed by atoms with van der Waals surface area (Å²) in [6.07, 6.45) is 3.11. The second kappa shape index (κ2) is 5.08. The number of hydrogen-bond donors (Lipinski definition) is 0. The van der Waals surface area contributed by atoms with Gasteiger partial charge in [-0.1, -0.05) is 24.3 Å². The summed E-state index contributed by atoms with van der Waals surface area (Å²) >= 11 is 0. The van der Waals surface area contributed by atoms with Crippen molar-refractivity contribution < 1.29 is 14.3 Å². The minimum atomic E-state index is -0.245. The number of ketones is 1. The van der Waals surface area contributed by atoms with Gasteiger partial charge in [0.1, 0.15) is 0 Å². The van der Waals surface area contributed by atoms with Crippen LogP contribution in [0.25, 0.3) is 10.9 Å². The molecular formula is C19H19NO3. The molecule has 0 bridgehead atoms. The summed E-state index contributed by atoms with van der Waals surface area (Å²) in [5, 5.41) is 1.03. The highest BCUT2D eigenvalue weighted by Gasteiger charge is 2.45. The van der Waals surface area contributed by atoms with Gasteiger partial charge in [0.15, 0.2) is 5.78 Å². The van der Waals surface area contributed by atoms with Crippen molar-refractivity contribution in [3.05, 3.63) is 47.2 Å². The van der Waals surface area contributed by atoms with Gasteiger partial charge < -0.3 is 9.30 Å². The van der Waals surface area contributed by atoms with Gasteiger partial charge in [-0.3, -0.25) is 4.79 Å². The number of Topliss-reactive ketones (excluding diaryl/α,β-unsaturated/α-hetero) is 1. The first-order valence-electron chi connectivity index (χ1n) is 8.11. The second-order valence-corrected chi connectivity index (χ2v) is 6.30. The van der Waals surface area contributed by atoms with Crippen LogP contribution in [0, 0.1) is 5.92 Å². The van der Waals surface area contributed by atoms with E-state index in [1.165, 1.54) is 0 Å². The summed E-state index contributed by atoms with van der Waals surface area (Å²) in [4.78, 5) is 25.0. The van der Waals surface area contributed by atoms with Crippen LogP contribution in [0.4, 0.5) is 0 Å². The fourth-order valence-electron chi connectivity index (χ4n) is 4.15. The highest BCUT2D eigenvalue weighted by Crippen LogP contribution is 2.49. The minimum absolute atomic E-state index is 0.0333. The van der Waals surface area contributed by atoms with E-state index in [-0.39, 0.29) is 23.6 Å². The molecule has 23 heavy (non-hydrogen) atoms. The summed E-state index contributed by atoms with van der Waals surface area (Å²) in [7, 11) is 2.01. The van der Waals surface area contributed by atoms with Crippen LogP contribution in [0.5, 0.6) is 0 Å². The van der Waals surface area contributed by atoms with Crippen LogP contribution in [0.15, 0.2) is 35.9 Å². The van der Waals surface area contributed by atoms with Crippen LogP contribution in [0.3, 0.4) is 0 Å². The molecule has 2 aliphatic carbocycles. The fraction of sp³-hybridized carbons (Fsp3) is 0.368. The van der Waals surface area contributed by atoms with Crippen LogP contribution >= 0.6 is 0 Å². The normalized spacial score (nSPS) is 22.7. The van der Waals surface area contributed by atoms with Crippen LogP contribution in [-0.4, -0.2) is 22.9 Å². The van der Waals surface area contributed by atoms with Crippen molar-refractivity contribution in [2.45, 2.75) is 25.7 Å². The summed E-state index contributed by atoms with van der Waals surface area (Å²) in [6, 6.07) is 8.02. The molecule has 118 valence electrons. The summed E-state index contributed by atoms with van der Waals surface area (Å²) in [5.74, 6) is 0.0276. The topological polar surface area (TPSA) is 48.3 Å². The van der Waals surface area contributed by atoms with Crippen molar-refractivity contribution in [3.63, 3.8) is 0 Å². The third kappa shape index (κ3) is 1.90. The Morgan fingerprint density at radius 1 is 1.30 bits per heavy atom. The van der Waals surface area contributed by atoms with Crippen LogP contribution < -0.4 is 0 Å². The van der Waals surface area contributed by atoms with Gasteiger partial charge in [-0.2, -0.15) is 0 Å². The Bertz CT molecular complexity index is 859. The number of nitrogens with zero attached hydrogens (tertiary/aromatic N) is 1. The molecule has 1 aromatic carbocycles. The Balaban J connectivity index is 1.81. The van der Waals surface area contributed by atoms with Gasteiger partial charge in [-0.25, -0.2) is 4.79 Å². The number of fused-ring (bicyclic) bond motifs is 5. The quantitative estimate of drug-likeness (QED) is 0.799. The minimum Gasteiger partial charge on any atom is -0.463 e. The monoisotopic (exact) mass is 309 g/mol. The van der Waals surface area contributed by atoms with Crippen molar-refractivity contribution in [1.29, 1.82) is 0 Å². The van der Waals surface area contributed by atoms with Crippen molar-refractivity contribution in [1.82, 2.24) is 4.57 Å². The third-order valence-corrected chi connectivity index (χ3v) is 5.17. The Hall–Kier alpha value is -2.36. The van der Waals surface area contributed by atoms with Crippen molar-refractivity contribution >= 4 is 22.7 Å². The van der Waals surface area contributed by atoms with E-state index in [1.807, 2.05) is 44.3 Å². The molecule has 0 spiro atoms. The third-order valence-electron chi connectivity index (χ3n) is 5.17. The van der Waals surface area contributed by atoms with E-state index in [4.69, 9.17) is 4.74 Å². The van der Waals surface area contributed by atoms with E-state index in [9.17, 15) is 9.59 Å². The maximum absolute atomic E-state index is 12.9. The number of carbonyl (C=O) groups excluding carboxylic acids is 2. The van der Waals surface area contributed by atoms with Crippen molar-refractivity contribution in [3.8, 4) is 0 Å². The molecule has 0 aliphatic heterocycles. The number of benzene rings is 1. The molecular weight excluding hydrogens is 290 g/mol. The molecule has 1 heterocycles. The maximum Gasteiger partial charge on any atom is 0.333 e. The van der Waals surface area contributed by atoms with Crippen molar-refractivity contribution in [2.24, 2.45) is 13.0 Å². The number of aryl methyl sites for hydroxylation is 1. The van der Waals surface area contributed by atoms with Gasteiger partial charge in [0.05, 0.1) is 6.61 Å². The molecule has 0 N–H and O–H groups in total. The molecule has 4 rings (SSSR count). The van der Waals surface area contributed by atoms with Crippen LogP contribution in [0.1, 0.15) is 41.7 Å². The number of rotatable bonds is 2. The maximum atomic E-state index is 12.9. The first-order valence-corrected chi connectivity index (χ1v) is 8.11. The molecule has 0 radical (unpaired) electrons. The SMILES string of the molecule is CCOC(=O)C1=CC[C@@H]2C(=O)c3c(n(C)c4ccccc34)[C@@H]2C1. The lowest BCUT2D eigenvalue weighted by molar-refractivity contribution is -0.138. The molecule has 0 saturated heterocycles. The van der Waals surface area contributed by atoms with E-state index in [1.54, 1.807) is 0 Å². The zero-order valence-corrected chi connectivity index (χ0v) is 13.3. The van der Waals surface area contributed by atoms with E-state index in [0.717, 1.165) is 22.2 Å². The first-order chi connectivity index (χ1) is 11.1. The highest BCUT2D eigenvalue weighted by atomic mass is 16.5. The summed E-state index contributed by atoms with van der Waals surface area (Å²) in [5.41, 5.74) is 3.73. The Morgan fingerprint density at radius 2 is 2.09 bits per heavy atom. The molecule has 4 nitrogen and oxygen atoms in total. The van der Waals surface area contributed by atoms with Gasteiger partial charge >= 0.3 is 5.97 Å². The Labute approximate surface area is 134 Å². The molecule has 0 fully saturated rings. The average Bonchev–Trinajstić information content (AvgIpc) is 3.02. The lowest BCUT2D eigenvalue weighted by Crippen LogP contribution is -2.22. The van der Waals surface area contributed by atoms with Gasteiger partial charge in [-0.15, -0.1) is 0 Å². The summed E-state index contributed by atoms with van der Waals surface area (Å²) in [6.45, 7) is 2.19. The zero-order chi connectivity index (χ0) is 16.1. The molecule has 0 unspecified atom stereocenters. The van der Waals surface area contributed by atoms with Crippen LogP contribution in [0.2, 0.25) is 0 Å². The largest absolute Gasteiger partial charge is 0.463 e. The lowest BCUT2D eigenvalue weighted by atomic mass is 9.80. The smallest absolute Gasteiger partial charge is 0.333 e. The number of aromatic nitrogens is 1. The number of allylic oxidation sites excluding steroid dienone is 1. The molecule has 2 aromatic rings. The van der Waals surface area contributed by atoms with E-state index < -0.39 is 0 Å². The summed E-state index contributed by atoms with van der Waals surface area (Å²) < 4.78 is 7.26. The van der Waals surface area contributed by atoms with Crippen LogP contribution in [-0.2, 0) is 16.6 Å². The van der Waals surface area contributed by atoms with Gasteiger partial charge in [0, 0.05) is 46.6 Å². The number of ether oxygens (including phenoxy) is 1. The van der Waals surface area contributed by atoms with E-state index >= 15 is 0 Å². The number of carbonyl (C=O) groups is 2. The standard InChI is InChI=1S/C19H19NO3/c1-3-23-19(22)11-8-9-12-14(10-11)17-16(18(12)21)13-6-4-5-7-15(13)20(17)2/h4-8,12,14H,3,9-10H2,1-2H3/t12-,14+/m0/s1. The highest BCUT2D eigenvalue weighted by molar-refractivity contribution is 6.14. The zero-order valence-electron chi connectivity index (χ0n) is 13.3. The van der Waals surface area contributed by atoms with Gasteiger partial charge in [0.2, 0.25) is 0 Å². The fourth-order valence-corrected chi connectivity index (χ4v) is 4.15. The predicted octanol–water partition coefficient (Wildman–Crippen LogP) is 3.36. The molecule has 0 amide bonds. The first kappa shape index (κ1) is 14.2. The molecule has 1 aromatic heterocycles. The average molecular weight is 309 g/mol. The molecule has 2 aliphatic rings. The van der Waals surface area contributed by atoms with Gasteiger partial charge in [0.25, 0.3) is 0 Å². The lowest BCUT2D eigenvalue weighted by Gasteiger charge is -2.25. The second-order valence-electron chi connectivity index (χ2n) is 6.30. The predicted molar refractivity (Wildman–Crippen MR) is 87.4 cm³/mol. The van der Waals surface area contributed by atoms with Gasteiger partial charge in [-0.05, 0) is 25.8 Å². The Morgan fingerprint density at radius 3 is 2.87 bits per heavy atom. The molecule has 2 atom stereocenters. The number of hydrogen-bond acceptors (Lipinski definition) is 3. The number of esters is 1. The Kier molecular flexibility index (Phi) is 3.15. The molecule has 4 heteroatoms. The molecule has 0 saturated carbocycles. The van der Waals surface area contributed by atoms with E-state index in [2.05, 4.69) is 4.57 Å². The number of para-hydroxylation sites is 1.